The number of aromatic nitrogens is 2. The van der Waals surface area contributed by atoms with Crippen LogP contribution < -0.4 is 11.1 Å². The molecule has 2 rings (SSSR count). The summed E-state index contributed by atoms with van der Waals surface area (Å²) in [5.41, 5.74) is 5.62. The van der Waals surface area contributed by atoms with Gasteiger partial charge in [0.1, 0.15) is 5.82 Å². The SMILES string of the molecule is Cc1nsc(NC(=O)N2CCC(CN)CC2)n1. The average Bonchev–Trinajstić information content (AvgIpc) is 2.75. The third-order valence-electron chi connectivity index (χ3n) is 2.98. The van der Waals surface area contributed by atoms with Crippen LogP contribution in [0.25, 0.3) is 0 Å². The molecule has 1 aromatic heterocycles. The number of piperidine rings is 1. The molecule has 94 valence electrons. The molecule has 0 saturated carbocycles. The van der Waals surface area contributed by atoms with Crippen LogP contribution in [-0.2, 0) is 0 Å². The third-order valence-corrected chi connectivity index (χ3v) is 3.70. The number of carbonyl (C=O) groups excluding carboxylic acids is 1. The fourth-order valence-electron chi connectivity index (χ4n) is 1.89. The lowest BCUT2D eigenvalue weighted by atomic mass is 9.97. The molecule has 0 atom stereocenters. The van der Waals surface area contributed by atoms with Gasteiger partial charge in [0.15, 0.2) is 0 Å². The molecule has 1 aliphatic heterocycles. The first-order valence-corrected chi connectivity index (χ1v) is 6.52. The van der Waals surface area contributed by atoms with Crippen molar-refractivity contribution in [2.24, 2.45) is 11.7 Å². The molecule has 17 heavy (non-hydrogen) atoms. The van der Waals surface area contributed by atoms with Gasteiger partial charge in [-0.15, -0.1) is 0 Å². The number of nitrogens with zero attached hydrogens (tertiary/aromatic N) is 3. The van der Waals surface area contributed by atoms with Gasteiger partial charge in [0, 0.05) is 24.6 Å². The molecule has 1 fully saturated rings. The van der Waals surface area contributed by atoms with E-state index in [9.17, 15) is 4.79 Å². The van der Waals surface area contributed by atoms with Crippen LogP contribution in [0.15, 0.2) is 0 Å². The summed E-state index contributed by atoms with van der Waals surface area (Å²) >= 11 is 1.21. The Morgan fingerprint density at radius 1 is 1.59 bits per heavy atom. The van der Waals surface area contributed by atoms with Crippen LogP contribution >= 0.6 is 11.5 Å². The lowest BCUT2D eigenvalue weighted by Crippen LogP contribution is -2.42. The van der Waals surface area contributed by atoms with Crippen molar-refractivity contribution < 1.29 is 4.79 Å². The van der Waals surface area contributed by atoms with Crippen LogP contribution in [0.2, 0.25) is 0 Å². The second kappa shape index (κ2) is 5.42. The Balaban J connectivity index is 1.85. The molecular formula is C10H17N5OS. The highest BCUT2D eigenvalue weighted by Gasteiger charge is 2.22. The monoisotopic (exact) mass is 255 g/mol. The maximum Gasteiger partial charge on any atom is 0.323 e. The largest absolute Gasteiger partial charge is 0.330 e. The predicted octanol–water partition coefficient (Wildman–Crippen LogP) is 1.05. The quantitative estimate of drug-likeness (QED) is 0.827. The van der Waals surface area contributed by atoms with E-state index in [1.54, 1.807) is 6.92 Å². The van der Waals surface area contributed by atoms with Crippen molar-refractivity contribution in [3.63, 3.8) is 0 Å². The Labute approximate surface area is 104 Å². The van der Waals surface area contributed by atoms with Crippen LogP contribution in [0.4, 0.5) is 9.93 Å². The summed E-state index contributed by atoms with van der Waals surface area (Å²) in [6.07, 6.45) is 1.97. The molecule has 0 radical (unpaired) electrons. The minimum absolute atomic E-state index is 0.0865. The van der Waals surface area contributed by atoms with E-state index >= 15 is 0 Å². The van der Waals surface area contributed by atoms with Crippen molar-refractivity contribution in [3.8, 4) is 0 Å². The summed E-state index contributed by atoms with van der Waals surface area (Å²) in [6, 6.07) is -0.0865. The van der Waals surface area contributed by atoms with Gasteiger partial charge in [-0.1, -0.05) is 0 Å². The van der Waals surface area contributed by atoms with Crippen LogP contribution in [0.1, 0.15) is 18.7 Å². The summed E-state index contributed by atoms with van der Waals surface area (Å²) in [7, 11) is 0. The molecule has 0 unspecified atom stereocenters. The molecule has 0 aromatic carbocycles. The second-order valence-electron chi connectivity index (χ2n) is 4.24. The number of anilines is 1. The molecule has 7 heteroatoms. The predicted molar refractivity (Wildman–Crippen MR) is 67.0 cm³/mol. The maximum absolute atomic E-state index is 11.9. The molecule has 1 aromatic rings. The van der Waals surface area contributed by atoms with Gasteiger partial charge in [0.05, 0.1) is 0 Å². The molecule has 0 aliphatic carbocycles. The molecular weight excluding hydrogens is 238 g/mol. The van der Waals surface area contributed by atoms with E-state index in [1.165, 1.54) is 11.5 Å². The second-order valence-corrected chi connectivity index (χ2v) is 4.99. The van der Waals surface area contributed by atoms with Gasteiger partial charge in [-0.25, -0.2) is 9.78 Å². The molecule has 6 nitrogen and oxygen atoms in total. The van der Waals surface area contributed by atoms with Crippen molar-refractivity contribution in [2.45, 2.75) is 19.8 Å². The average molecular weight is 255 g/mol. The minimum Gasteiger partial charge on any atom is -0.330 e. The van der Waals surface area contributed by atoms with E-state index < -0.39 is 0 Å². The van der Waals surface area contributed by atoms with Crippen LogP contribution in [0, 0.1) is 12.8 Å². The van der Waals surface area contributed by atoms with Gasteiger partial charge in [-0.05, 0) is 32.2 Å². The number of rotatable bonds is 2. The number of urea groups is 1. The van der Waals surface area contributed by atoms with Gasteiger partial charge in [0.25, 0.3) is 0 Å². The number of nitrogens with one attached hydrogen (secondary N) is 1. The molecule has 0 bridgehead atoms. The Bertz CT molecular complexity index is 386. The zero-order valence-electron chi connectivity index (χ0n) is 9.85. The summed E-state index contributed by atoms with van der Waals surface area (Å²) in [5.74, 6) is 1.25. The van der Waals surface area contributed by atoms with E-state index in [0.29, 0.717) is 23.4 Å². The van der Waals surface area contributed by atoms with Crippen molar-refractivity contribution in [2.75, 3.05) is 25.0 Å². The first-order valence-electron chi connectivity index (χ1n) is 5.75. The highest BCUT2D eigenvalue weighted by molar-refractivity contribution is 7.09. The number of likely N-dealkylation sites (tertiary alicyclic amines) is 1. The molecule has 1 aliphatic rings. The first-order chi connectivity index (χ1) is 8.19. The van der Waals surface area contributed by atoms with Gasteiger partial charge in [0.2, 0.25) is 5.13 Å². The van der Waals surface area contributed by atoms with Crippen molar-refractivity contribution >= 4 is 22.7 Å². The molecule has 1 saturated heterocycles. The van der Waals surface area contributed by atoms with Crippen molar-refractivity contribution in [1.29, 1.82) is 0 Å². The Morgan fingerprint density at radius 2 is 2.29 bits per heavy atom. The summed E-state index contributed by atoms with van der Waals surface area (Å²) < 4.78 is 4.02. The number of aryl methyl sites for hydroxylation is 1. The van der Waals surface area contributed by atoms with E-state index in [2.05, 4.69) is 14.7 Å². The number of hydrogen-bond acceptors (Lipinski definition) is 5. The fourth-order valence-corrected chi connectivity index (χ4v) is 2.46. The smallest absolute Gasteiger partial charge is 0.323 e. The van der Waals surface area contributed by atoms with Gasteiger partial charge in [-0.2, -0.15) is 4.37 Å². The summed E-state index contributed by atoms with van der Waals surface area (Å²) in [4.78, 5) is 17.8. The summed E-state index contributed by atoms with van der Waals surface area (Å²) in [6.45, 7) is 4.06. The highest BCUT2D eigenvalue weighted by Crippen LogP contribution is 2.17. The normalized spacial score (nSPS) is 17.2. The van der Waals surface area contributed by atoms with Gasteiger partial charge in [-0.3, -0.25) is 5.32 Å². The van der Waals surface area contributed by atoms with Gasteiger partial charge >= 0.3 is 6.03 Å². The van der Waals surface area contributed by atoms with E-state index in [1.807, 2.05) is 4.90 Å². The number of amides is 2. The standard InChI is InChI=1S/C10H17N5OS/c1-7-12-9(17-14-7)13-10(16)15-4-2-8(6-11)3-5-15/h8H,2-6,11H2,1H3,(H,12,13,14,16). The third kappa shape index (κ3) is 3.13. The molecule has 3 N–H and O–H groups in total. The van der Waals surface area contributed by atoms with Crippen LogP contribution in [0.5, 0.6) is 0 Å². The zero-order valence-corrected chi connectivity index (χ0v) is 10.7. The topological polar surface area (TPSA) is 84.1 Å². The molecule has 2 heterocycles. The maximum atomic E-state index is 11.9. The molecule has 2 amide bonds. The molecule has 0 spiro atoms. The Morgan fingerprint density at radius 3 is 2.82 bits per heavy atom. The minimum atomic E-state index is -0.0865. The fraction of sp³-hybridized carbons (Fsp3) is 0.700. The number of hydrogen-bond donors (Lipinski definition) is 2. The highest BCUT2D eigenvalue weighted by atomic mass is 32.1. The van der Waals surface area contributed by atoms with E-state index in [4.69, 9.17) is 5.73 Å². The lowest BCUT2D eigenvalue weighted by molar-refractivity contribution is 0.184. The van der Waals surface area contributed by atoms with Gasteiger partial charge < -0.3 is 10.6 Å². The zero-order chi connectivity index (χ0) is 12.3. The first kappa shape index (κ1) is 12.3. The lowest BCUT2D eigenvalue weighted by Gasteiger charge is -2.30. The Kier molecular flexibility index (Phi) is 3.90. The van der Waals surface area contributed by atoms with Crippen molar-refractivity contribution in [1.82, 2.24) is 14.3 Å². The van der Waals surface area contributed by atoms with E-state index in [0.717, 1.165) is 25.9 Å². The Hall–Kier alpha value is -1.21. The summed E-state index contributed by atoms with van der Waals surface area (Å²) in [5, 5.41) is 3.33. The van der Waals surface area contributed by atoms with Crippen molar-refractivity contribution in [3.05, 3.63) is 5.82 Å². The van der Waals surface area contributed by atoms with Crippen LogP contribution in [0.3, 0.4) is 0 Å². The van der Waals surface area contributed by atoms with Crippen LogP contribution in [-0.4, -0.2) is 39.9 Å². The van der Waals surface area contributed by atoms with E-state index in [-0.39, 0.29) is 6.03 Å². The number of nitrogens with two attached hydrogens (primary N) is 1. The number of carbonyl (C=O) groups is 1.